The molecule has 7 rings (SSSR count). The zero-order valence-electron chi connectivity index (χ0n) is 38.7. The van der Waals surface area contributed by atoms with Gasteiger partial charge in [0.2, 0.25) is 17.7 Å². The van der Waals surface area contributed by atoms with Crippen molar-refractivity contribution in [1.29, 1.82) is 0 Å². The Morgan fingerprint density at radius 2 is 1.70 bits per heavy atom. The largest absolute Gasteiger partial charge is 0.356 e. The van der Waals surface area contributed by atoms with E-state index >= 15 is 0 Å². The van der Waals surface area contributed by atoms with E-state index in [1.165, 1.54) is 0 Å². The lowest BCUT2D eigenvalue weighted by molar-refractivity contribution is -0.133. The summed E-state index contributed by atoms with van der Waals surface area (Å²) < 4.78 is 3.47. The van der Waals surface area contributed by atoms with E-state index in [2.05, 4.69) is 60.4 Å². The molecule has 2 aliphatic heterocycles. The van der Waals surface area contributed by atoms with Crippen molar-refractivity contribution in [3.63, 3.8) is 0 Å². The van der Waals surface area contributed by atoms with Crippen LogP contribution in [0.25, 0.3) is 11.0 Å². The van der Waals surface area contributed by atoms with Gasteiger partial charge >= 0.3 is 0 Å². The number of nitrogens with two attached hydrogens (primary N) is 1. The van der Waals surface area contributed by atoms with Crippen molar-refractivity contribution < 1.29 is 19.2 Å². The van der Waals surface area contributed by atoms with Gasteiger partial charge in [-0.25, -0.2) is 9.97 Å². The highest BCUT2D eigenvalue weighted by molar-refractivity contribution is 7.97. The molecule has 16 heteroatoms. The average Bonchev–Trinajstić information content (AvgIpc) is 4.08. The summed E-state index contributed by atoms with van der Waals surface area (Å²) >= 11 is 7.86. The molecule has 3 aliphatic rings. The zero-order chi connectivity index (χ0) is 46.5. The number of hydrogen-bond donors (Lipinski definition) is 6. The molecule has 14 nitrogen and oxygen atoms in total. The molecule has 66 heavy (non-hydrogen) atoms. The minimum Gasteiger partial charge on any atom is -0.356 e. The number of halogens is 1. The van der Waals surface area contributed by atoms with Crippen molar-refractivity contribution in [2.45, 2.75) is 121 Å². The molecular weight excluding hydrogens is 872 g/mol. The maximum Gasteiger partial charge on any atom is 0.251 e. The average molecular weight is 942 g/mol. The Kier molecular flexibility index (Phi) is 17.8. The van der Waals surface area contributed by atoms with Crippen LogP contribution in [0.15, 0.2) is 67.1 Å². The van der Waals surface area contributed by atoms with Gasteiger partial charge in [0, 0.05) is 73.6 Å². The summed E-state index contributed by atoms with van der Waals surface area (Å²) in [5.74, 6) is 1.86. The summed E-state index contributed by atoms with van der Waals surface area (Å²) in [5, 5.41) is 11.1. The van der Waals surface area contributed by atoms with Crippen LogP contribution in [0.3, 0.4) is 0 Å². The molecule has 7 N–H and O–H groups in total. The molecular formula is C50H69ClN10O4S. The van der Waals surface area contributed by atoms with Crippen LogP contribution in [-0.4, -0.2) is 100 Å². The quantitative estimate of drug-likeness (QED) is 0.0323. The van der Waals surface area contributed by atoms with Gasteiger partial charge in [-0.1, -0.05) is 74.5 Å². The Hall–Kier alpha value is -4.70. The van der Waals surface area contributed by atoms with E-state index in [4.69, 9.17) is 17.3 Å². The van der Waals surface area contributed by atoms with E-state index in [0.717, 1.165) is 104 Å². The number of piperidine rings is 2. The summed E-state index contributed by atoms with van der Waals surface area (Å²) in [5.41, 5.74) is 9.17. The Labute approximate surface area is 399 Å². The number of carbonyl (C=O) groups is 4. The molecule has 3 atom stereocenters. The zero-order valence-corrected chi connectivity index (χ0v) is 40.2. The van der Waals surface area contributed by atoms with E-state index < -0.39 is 11.6 Å². The topological polar surface area (TPSA) is 190 Å². The predicted molar refractivity (Wildman–Crippen MR) is 264 cm³/mol. The van der Waals surface area contributed by atoms with Crippen molar-refractivity contribution >= 4 is 64.0 Å². The van der Waals surface area contributed by atoms with Gasteiger partial charge in [0.1, 0.15) is 23.8 Å². The van der Waals surface area contributed by atoms with Crippen LogP contribution in [0.5, 0.6) is 0 Å². The first-order chi connectivity index (χ1) is 32.1. The van der Waals surface area contributed by atoms with Crippen molar-refractivity contribution in [2.24, 2.45) is 17.6 Å². The van der Waals surface area contributed by atoms with E-state index in [1.807, 2.05) is 59.6 Å². The number of nitrogens with one attached hydrogen (secondary N) is 5. The van der Waals surface area contributed by atoms with Gasteiger partial charge in [-0.2, -0.15) is 0 Å². The lowest BCUT2D eigenvalue weighted by Gasteiger charge is -2.39. The van der Waals surface area contributed by atoms with E-state index in [9.17, 15) is 19.2 Å². The van der Waals surface area contributed by atoms with Crippen LogP contribution < -0.4 is 31.3 Å². The predicted octanol–water partition coefficient (Wildman–Crippen LogP) is 7.42. The van der Waals surface area contributed by atoms with Crippen molar-refractivity contribution in [3.8, 4) is 0 Å². The van der Waals surface area contributed by atoms with Crippen LogP contribution in [0, 0.1) is 11.8 Å². The minimum atomic E-state index is -1.01. The second kappa shape index (κ2) is 23.8. The third kappa shape index (κ3) is 13.0. The standard InChI is InChI=1S/C50H69ClN10O4S/c1-3-9-35(10-4-2)43(59-46(62)38-12-7-11-37(31-38)39-13-8-27-61(32-39)48(64)36-14-15-36)47(63)54-24-5-6-30-66-57-26-21-42(34-16-18-40(51)19-17-34)58-49(65)50(52)22-28-60(29-23-50)45-41-20-25-53-44(41)55-33-56-45/h7,11-12,16-20,25,31,33,35-36,39,42-43,57H,3-6,8-10,13-15,21-24,26-30,32,52H2,1-2H3,(H,54,63)(H,58,65)(H,59,62)(H,53,55,56). The molecule has 2 saturated heterocycles. The normalized spacial score (nSPS) is 18.2. The number of fused-ring (bicyclic) bond motifs is 1. The Bertz CT molecular complexity index is 2220. The van der Waals surface area contributed by atoms with Gasteiger partial charge in [-0.3, -0.25) is 23.9 Å². The Morgan fingerprint density at radius 1 is 0.924 bits per heavy atom. The molecule has 1 saturated carbocycles. The third-order valence-corrected chi connectivity index (χ3v) is 14.7. The first kappa shape index (κ1) is 49.2. The number of hydrogen-bond acceptors (Lipinski definition) is 10. The van der Waals surface area contributed by atoms with Crippen LogP contribution in [0.2, 0.25) is 5.02 Å². The molecule has 4 aromatic rings. The molecule has 4 amide bonds. The highest BCUT2D eigenvalue weighted by atomic mass is 35.5. The molecule has 3 fully saturated rings. The molecule has 2 aromatic carbocycles. The molecule has 4 heterocycles. The molecule has 0 bridgehead atoms. The molecule has 0 spiro atoms. The SMILES string of the molecule is CCCC(CCC)C(NC(=O)c1cccc(C2CCCN(C(=O)C3CC3)C2)c1)C(=O)NCCCCSNCCC(NC(=O)C1(N)CCN(c2ncnc3[nH]ccc23)CC1)c1ccc(Cl)cc1. The lowest BCUT2D eigenvalue weighted by atomic mass is 9.87. The number of unbranched alkanes of at least 4 members (excludes halogenated alkanes) is 1. The highest BCUT2D eigenvalue weighted by Gasteiger charge is 2.40. The molecule has 2 aromatic heterocycles. The summed E-state index contributed by atoms with van der Waals surface area (Å²) in [4.78, 5) is 70.5. The van der Waals surface area contributed by atoms with Gasteiger partial charge in [-0.15, -0.1) is 0 Å². The van der Waals surface area contributed by atoms with Gasteiger partial charge in [0.05, 0.1) is 17.0 Å². The van der Waals surface area contributed by atoms with Crippen LogP contribution in [0.4, 0.5) is 5.82 Å². The second-order valence-corrected chi connectivity index (χ2v) is 19.9. The van der Waals surface area contributed by atoms with Crippen LogP contribution in [0.1, 0.15) is 131 Å². The number of anilines is 1. The van der Waals surface area contributed by atoms with Gasteiger partial charge in [0.15, 0.2) is 0 Å². The number of H-pyrrole nitrogens is 1. The Balaban J connectivity index is 0.849. The Morgan fingerprint density at radius 3 is 2.44 bits per heavy atom. The first-order valence-corrected chi connectivity index (χ1v) is 25.6. The smallest absolute Gasteiger partial charge is 0.251 e. The van der Waals surface area contributed by atoms with E-state index in [0.29, 0.717) is 62.6 Å². The maximum atomic E-state index is 13.8. The fourth-order valence-electron chi connectivity index (χ4n) is 9.56. The second-order valence-electron chi connectivity index (χ2n) is 18.5. The summed E-state index contributed by atoms with van der Waals surface area (Å²) in [6.07, 6.45) is 14.2. The molecule has 3 unspecified atom stereocenters. The number of benzene rings is 2. The van der Waals surface area contributed by atoms with Crippen LogP contribution >= 0.6 is 23.5 Å². The number of carbonyl (C=O) groups excluding carboxylic acids is 4. The number of rotatable bonds is 23. The summed E-state index contributed by atoms with van der Waals surface area (Å²) in [7, 11) is 0. The number of likely N-dealkylation sites (tertiary alicyclic amines) is 1. The highest BCUT2D eigenvalue weighted by Crippen LogP contribution is 2.35. The number of aromatic nitrogens is 3. The molecule has 0 radical (unpaired) electrons. The molecule has 356 valence electrons. The van der Waals surface area contributed by atoms with E-state index in [-0.39, 0.29) is 47.4 Å². The lowest BCUT2D eigenvalue weighted by Crippen LogP contribution is -2.60. The van der Waals surface area contributed by atoms with Crippen molar-refractivity contribution in [2.75, 3.05) is 49.9 Å². The van der Waals surface area contributed by atoms with Crippen LogP contribution in [-0.2, 0) is 14.4 Å². The third-order valence-electron chi connectivity index (χ3n) is 13.6. The maximum absolute atomic E-state index is 13.8. The van der Waals surface area contributed by atoms with Gasteiger partial charge in [-0.05, 0) is 118 Å². The van der Waals surface area contributed by atoms with Gasteiger partial charge < -0.3 is 36.5 Å². The summed E-state index contributed by atoms with van der Waals surface area (Å²) in [6, 6.07) is 16.4. The van der Waals surface area contributed by atoms with Gasteiger partial charge in [0.25, 0.3) is 5.91 Å². The fourth-order valence-corrected chi connectivity index (χ4v) is 10.4. The van der Waals surface area contributed by atoms with Crippen molar-refractivity contribution in [1.82, 2.24) is 40.5 Å². The first-order valence-electron chi connectivity index (χ1n) is 24.3. The van der Waals surface area contributed by atoms with Crippen molar-refractivity contribution in [3.05, 3.63) is 88.8 Å². The fraction of sp³-hybridized carbons (Fsp3) is 0.560. The number of aromatic amines is 1. The number of amides is 4. The summed E-state index contributed by atoms with van der Waals surface area (Å²) in [6.45, 7) is 8.12. The monoisotopic (exact) mass is 940 g/mol. The minimum absolute atomic E-state index is 0.0311. The van der Waals surface area contributed by atoms with E-state index in [1.54, 1.807) is 18.3 Å². The molecule has 1 aliphatic carbocycles. The number of nitrogens with zero attached hydrogens (tertiary/aromatic N) is 4.